The standard InChI is InChI=1S/C21H22Cl2N2O3S/c22-18-8-7-15(12-19(18)23)14-29(27,28)24-10-3-5-17(13-24)21(26)25-11-9-16-4-1-2-6-20(16)25/h1-2,4,6-8,12,17H,3,5,9-11,13-14H2/t17-/m0/s1. The van der Waals surface area contributed by atoms with Gasteiger partial charge in [0.1, 0.15) is 0 Å². The number of para-hydroxylation sites is 1. The number of fused-ring (bicyclic) bond motifs is 1. The monoisotopic (exact) mass is 452 g/mol. The van der Waals surface area contributed by atoms with Gasteiger partial charge in [0, 0.05) is 25.3 Å². The van der Waals surface area contributed by atoms with Crippen LogP contribution < -0.4 is 4.90 Å². The number of anilines is 1. The molecule has 2 aliphatic heterocycles. The van der Waals surface area contributed by atoms with E-state index in [1.54, 1.807) is 18.2 Å². The first-order chi connectivity index (χ1) is 13.8. The van der Waals surface area contributed by atoms with Crippen molar-refractivity contribution in [3.8, 4) is 0 Å². The van der Waals surface area contributed by atoms with E-state index in [2.05, 4.69) is 0 Å². The van der Waals surface area contributed by atoms with Crippen molar-refractivity contribution < 1.29 is 13.2 Å². The van der Waals surface area contributed by atoms with Gasteiger partial charge in [-0.15, -0.1) is 0 Å². The van der Waals surface area contributed by atoms with E-state index in [1.807, 2.05) is 29.2 Å². The van der Waals surface area contributed by atoms with Gasteiger partial charge in [0.25, 0.3) is 0 Å². The summed E-state index contributed by atoms with van der Waals surface area (Å²) in [5, 5.41) is 0.723. The van der Waals surface area contributed by atoms with E-state index < -0.39 is 10.0 Å². The molecule has 1 saturated heterocycles. The smallest absolute Gasteiger partial charge is 0.231 e. The van der Waals surface area contributed by atoms with Crippen LogP contribution in [0.15, 0.2) is 42.5 Å². The number of benzene rings is 2. The van der Waals surface area contributed by atoms with Crippen molar-refractivity contribution in [1.29, 1.82) is 0 Å². The van der Waals surface area contributed by atoms with Gasteiger partial charge < -0.3 is 4.90 Å². The van der Waals surface area contributed by atoms with Crippen molar-refractivity contribution in [3.63, 3.8) is 0 Å². The molecule has 1 fully saturated rings. The van der Waals surface area contributed by atoms with Crippen LogP contribution in [0.1, 0.15) is 24.0 Å². The number of amides is 1. The summed E-state index contributed by atoms with van der Waals surface area (Å²) in [4.78, 5) is 15.0. The van der Waals surface area contributed by atoms with Crippen LogP contribution in [0.25, 0.3) is 0 Å². The minimum Gasteiger partial charge on any atom is -0.312 e. The lowest BCUT2D eigenvalue weighted by Crippen LogP contribution is -2.46. The number of nitrogens with zero attached hydrogens (tertiary/aromatic N) is 2. The maximum Gasteiger partial charge on any atom is 0.231 e. The molecule has 1 amide bonds. The molecule has 29 heavy (non-hydrogen) atoms. The molecule has 0 unspecified atom stereocenters. The van der Waals surface area contributed by atoms with Gasteiger partial charge in [-0.2, -0.15) is 0 Å². The first kappa shape index (κ1) is 20.7. The summed E-state index contributed by atoms with van der Waals surface area (Å²) < 4.78 is 27.4. The Morgan fingerprint density at radius 1 is 1.07 bits per heavy atom. The maximum absolute atomic E-state index is 13.1. The Morgan fingerprint density at radius 3 is 2.66 bits per heavy atom. The van der Waals surface area contributed by atoms with Gasteiger partial charge in [0.15, 0.2) is 0 Å². The summed E-state index contributed by atoms with van der Waals surface area (Å²) in [7, 11) is -3.56. The molecule has 2 heterocycles. The molecule has 5 nitrogen and oxygen atoms in total. The van der Waals surface area contributed by atoms with Gasteiger partial charge in [-0.3, -0.25) is 4.79 Å². The largest absolute Gasteiger partial charge is 0.312 e. The van der Waals surface area contributed by atoms with Crippen molar-refractivity contribution in [1.82, 2.24) is 4.31 Å². The molecule has 1 atom stereocenters. The average molecular weight is 453 g/mol. The Balaban J connectivity index is 1.47. The molecule has 0 aliphatic carbocycles. The third-order valence-corrected chi connectivity index (χ3v) is 8.17. The second-order valence-corrected chi connectivity index (χ2v) is 10.4. The predicted molar refractivity (Wildman–Crippen MR) is 116 cm³/mol. The zero-order valence-corrected chi connectivity index (χ0v) is 18.2. The number of hydrogen-bond donors (Lipinski definition) is 0. The van der Waals surface area contributed by atoms with Crippen molar-refractivity contribution >= 4 is 44.8 Å². The summed E-state index contributed by atoms with van der Waals surface area (Å²) in [5.74, 6) is -0.458. The molecule has 0 bridgehead atoms. The van der Waals surface area contributed by atoms with E-state index in [0.717, 1.165) is 12.1 Å². The molecule has 0 saturated carbocycles. The molecule has 0 spiro atoms. The van der Waals surface area contributed by atoms with E-state index in [9.17, 15) is 13.2 Å². The molecule has 0 aromatic heterocycles. The first-order valence-corrected chi connectivity index (χ1v) is 12.0. The van der Waals surface area contributed by atoms with Crippen LogP contribution in [-0.4, -0.2) is 38.3 Å². The van der Waals surface area contributed by atoms with Gasteiger partial charge in [-0.05, 0) is 48.6 Å². The topological polar surface area (TPSA) is 57.7 Å². The highest BCUT2D eigenvalue weighted by atomic mass is 35.5. The highest BCUT2D eigenvalue weighted by molar-refractivity contribution is 7.88. The molecule has 4 rings (SSSR count). The average Bonchev–Trinajstić information content (AvgIpc) is 3.14. The second kappa shape index (κ2) is 8.26. The van der Waals surface area contributed by atoms with E-state index in [-0.39, 0.29) is 24.1 Å². The summed E-state index contributed by atoms with van der Waals surface area (Å²) in [6, 6.07) is 12.8. The van der Waals surface area contributed by atoms with Gasteiger partial charge in [-0.25, -0.2) is 12.7 Å². The van der Waals surface area contributed by atoms with Crippen LogP contribution in [-0.2, 0) is 27.0 Å². The number of hydrogen-bond acceptors (Lipinski definition) is 3. The number of sulfonamides is 1. The van der Waals surface area contributed by atoms with Crippen molar-refractivity contribution in [2.45, 2.75) is 25.0 Å². The van der Waals surface area contributed by atoms with E-state index in [1.165, 1.54) is 9.87 Å². The molecular formula is C21H22Cl2N2O3S. The normalized spacial score (nSPS) is 19.9. The first-order valence-electron chi connectivity index (χ1n) is 9.66. The Labute approximate surface area is 181 Å². The van der Waals surface area contributed by atoms with Crippen molar-refractivity contribution in [3.05, 3.63) is 63.6 Å². The summed E-state index contributed by atoms with van der Waals surface area (Å²) in [6.45, 7) is 1.32. The third-order valence-electron chi connectivity index (χ3n) is 5.61. The zero-order chi connectivity index (χ0) is 20.6. The molecule has 0 radical (unpaired) electrons. The molecule has 154 valence electrons. The number of halogens is 2. The Morgan fingerprint density at radius 2 is 1.86 bits per heavy atom. The van der Waals surface area contributed by atoms with Crippen molar-refractivity contribution in [2.24, 2.45) is 5.92 Å². The van der Waals surface area contributed by atoms with E-state index in [4.69, 9.17) is 23.2 Å². The lowest BCUT2D eigenvalue weighted by atomic mass is 9.98. The quantitative estimate of drug-likeness (QED) is 0.700. The molecule has 2 aromatic carbocycles. The van der Waals surface area contributed by atoms with Crippen LogP contribution >= 0.6 is 23.2 Å². The Hall–Kier alpha value is -1.60. The summed E-state index contributed by atoms with van der Waals surface area (Å²) in [5.41, 5.74) is 2.70. The van der Waals surface area contributed by atoms with Gasteiger partial charge in [0.2, 0.25) is 15.9 Å². The fourth-order valence-electron chi connectivity index (χ4n) is 4.12. The number of piperidine rings is 1. The molecule has 2 aromatic rings. The lowest BCUT2D eigenvalue weighted by Gasteiger charge is -2.33. The van der Waals surface area contributed by atoms with E-state index in [0.29, 0.717) is 41.5 Å². The SMILES string of the molecule is O=C([C@H]1CCCN(S(=O)(=O)Cc2ccc(Cl)c(Cl)c2)C1)N1CCc2ccccc21. The Kier molecular flexibility index (Phi) is 5.89. The van der Waals surface area contributed by atoms with Crippen LogP contribution in [0.5, 0.6) is 0 Å². The lowest BCUT2D eigenvalue weighted by molar-refractivity contribution is -0.123. The molecule has 2 aliphatic rings. The number of carbonyl (C=O) groups is 1. The Bertz CT molecular complexity index is 1040. The van der Waals surface area contributed by atoms with E-state index >= 15 is 0 Å². The van der Waals surface area contributed by atoms with Crippen molar-refractivity contribution in [2.75, 3.05) is 24.5 Å². The van der Waals surface area contributed by atoms with Crippen LogP contribution in [0.2, 0.25) is 10.0 Å². The summed E-state index contributed by atoms with van der Waals surface area (Å²) in [6.07, 6.45) is 2.22. The fraction of sp³-hybridized carbons (Fsp3) is 0.381. The number of rotatable bonds is 4. The highest BCUT2D eigenvalue weighted by Gasteiger charge is 2.36. The molecular weight excluding hydrogens is 431 g/mol. The van der Waals surface area contributed by atoms with Gasteiger partial charge >= 0.3 is 0 Å². The van der Waals surface area contributed by atoms with Crippen LogP contribution in [0.3, 0.4) is 0 Å². The highest BCUT2D eigenvalue weighted by Crippen LogP contribution is 2.31. The minimum atomic E-state index is -3.56. The van der Waals surface area contributed by atoms with Crippen LogP contribution in [0, 0.1) is 5.92 Å². The van der Waals surface area contributed by atoms with Crippen LogP contribution in [0.4, 0.5) is 5.69 Å². The number of carbonyl (C=O) groups excluding carboxylic acids is 1. The zero-order valence-electron chi connectivity index (χ0n) is 15.9. The fourth-order valence-corrected chi connectivity index (χ4v) is 6.03. The minimum absolute atomic E-state index is 0.0180. The maximum atomic E-state index is 13.1. The van der Waals surface area contributed by atoms with Gasteiger partial charge in [0.05, 0.1) is 21.7 Å². The molecule has 0 N–H and O–H groups in total. The summed E-state index contributed by atoms with van der Waals surface area (Å²) >= 11 is 11.9. The second-order valence-electron chi connectivity index (χ2n) is 7.57. The van der Waals surface area contributed by atoms with Gasteiger partial charge in [-0.1, -0.05) is 47.5 Å². The predicted octanol–water partition coefficient (Wildman–Crippen LogP) is 4.12. The molecule has 8 heteroatoms. The third kappa shape index (κ3) is 4.31.